The zero-order chi connectivity index (χ0) is 18.9. The lowest BCUT2D eigenvalue weighted by atomic mass is 10.0. The quantitative estimate of drug-likeness (QED) is 0.834. The molecule has 148 valence electrons. The predicted molar refractivity (Wildman–Crippen MR) is 105 cm³/mol. The average Bonchev–Trinajstić information content (AvgIpc) is 3.41. The van der Waals surface area contributed by atoms with Crippen molar-refractivity contribution in [3.05, 3.63) is 71.8 Å². The van der Waals surface area contributed by atoms with Crippen molar-refractivity contribution in [2.75, 3.05) is 13.2 Å². The summed E-state index contributed by atoms with van der Waals surface area (Å²) >= 11 is 0. The second kappa shape index (κ2) is 7.93. The number of rotatable bonds is 6. The molecule has 2 aromatic carbocycles. The van der Waals surface area contributed by atoms with Crippen LogP contribution in [0.4, 0.5) is 0 Å². The summed E-state index contributed by atoms with van der Waals surface area (Å²) in [6.07, 6.45) is 1.72. The lowest BCUT2D eigenvalue weighted by Crippen LogP contribution is -2.46. The summed E-state index contributed by atoms with van der Waals surface area (Å²) in [7, 11) is 0. The van der Waals surface area contributed by atoms with E-state index >= 15 is 0 Å². The lowest BCUT2D eigenvalue weighted by Gasteiger charge is -2.31. The standard InChI is InChI=1S/C23H27NO4/c25-13-20-22-21(27-23(28-22)17-9-5-2-6-10-17)19-12-11-18(24(19)20)15-26-14-16-7-3-1-4-8-16/h1-10,18-23,25H,11-15H2/t18-,19+,20+,21-,22+,23-/m0/s1. The van der Waals surface area contributed by atoms with Crippen molar-refractivity contribution in [1.82, 2.24) is 4.90 Å². The van der Waals surface area contributed by atoms with E-state index in [1.54, 1.807) is 0 Å². The van der Waals surface area contributed by atoms with Crippen molar-refractivity contribution in [3.8, 4) is 0 Å². The van der Waals surface area contributed by atoms with Gasteiger partial charge in [-0.1, -0.05) is 60.7 Å². The number of hydrogen-bond acceptors (Lipinski definition) is 5. The molecule has 0 aromatic heterocycles. The Kier molecular flexibility index (Phi) is 5.18. The van der Waals surface area contributed by atoms with Gasteiger partial charge < -0.3 is 19.3 Å². The number of benzene rings is 2. The second-order valence-corrected chi connectivity index (χ2v) is 7.94. The van der Waals surface area contributed by atoms with E-state index in [4.69, 9.17) is 14.2 Å². The van der Waals surface area contributed by atoms with Gasteiger partial charge in [-0.25, -0.2) is 0 Å². The van der Waals surface area contributed by atoms with Crippen LogP contribution in [-0.2, 0) is 20.8 Å². The summed E-state index contributed by atoms with van der Waals surface area (Å²) in [5.74, 6) is 0. The first-order chi connectivity index (χ1) is 13.8. The van der Waals surface area contributed by atoms with E-state index in [-0.39, 0.29) is 31.1 Å². The molecule has 0 aliphatic carbocycles. The van der Waals surface area contributed by atoms with Gasteiger partial charge >= 0.3 is 0 Å². The molecule has 0 bridgehead atoms. The number of fused-ring (bicyclic) bond motifs is 3. The van der Waals surface area contributed by atoms with E-state index in [9.17, 15) is 5.11 Å². The molecule has 5 rings (SSSR count). The molecule has 0 radical (unpaired) electrons. The first-order valence-electron chi connectivity index (χ1n) is 10.2. The molecular formula is C23H27NO4. The molecule has 5 nitrogen and oxygen atoms in total. The topological polar surface area (TPSA) is 51.2 Å². The third-order valence-corrected chi connectivity index (χ3v) is 6.31. The fourth-order valence-electron chi connectivity index (χ4n) is 5.07. The van der Waals surface area contributed by atoms with Crippen LogP contribution in [0.5, 0.6) is 0 Å². The van der Waals surface area contributed by atoms with E-state index in [1.807, 2.05) is 48.5 Å². The minimum absolute atomic E-state index is 0.0153. The van der Waals surface area contributed by atoms with Gasteiger partial charge in [0.15, 0.2) is 6.29 Å². The largest absolute Gasteiger partial charge is 0.395 e. The first kappa shape index (κ1) is 18.3. The van der Waals surface area contributed by atoms with Gasteiger partial charge in [0, 0.05) is 17.6 Å². The summed E-state index contributed by atoms with van der Waals surface area (Å²) in [4.78, 5) is 2.40. The van der Waals surface area contributed by atoms with E-state index in [0.717, 1.165) is 18.4 Å². The number of aliphatic hydroxyl groups excluding tert-OH is 1. The molecule has 0 unspecified atom stereocenters. The molecule has 0 saturated carbocycles. The normalized spacial score (nSPS) is 34.5. The SMILES string of the molecule is OC[C@@H]1[C@H]2O[C@@H](c3ccccc3)O[C@H]2[C@H]2CC[C@@H](COCc3ccccc3)N21. The highest BCUT2D eigenvalue weighted by atomic mass is 16.7. The van der Waals surface area contributed by atoms with Crippen molar-refractivity contribution in [1.29, 1.82) is 0 Å². The van der Waals surface area contributed by atoms with Crippen LogP contribution in [0, 0.1) is 0 Å². The summed E-state index contributed by atoms with van der Waals surface area (Å²) in [6.45, 7) is 1.37. The summed E-state index contributed by atoms with van der Waals surface area (Å²) in [5.41, 5.74) is 2.23. The van der Waals surface area contributed by atoms with Crippen LogP contribution in [-0.4, -0.2) is 53.6 Å². The zero-order valence-corrected chi connectivity index (χ0v) is 15.9. The summed E-state index contributed by atoms with van der Waals surface area (Å²) < 4.78 is 18.6. The van der Waals surface area contributed by atoms with Gasteiger partial charge in [0.2, 0.25) is 0 Å². The van der Waals surface area contributed by atoms with Gasteiger partial charge in [-0.3, -0.25) is 4.90 Å². The summed E-state index contributed by atoms with van der Waals surface area (Å²) in [6, 6.07) is 20.9. The Morgan fingerprint density at radius 1 is 0.929 bits per heavy atom. The zero-order valence-electron chi connectivity index (χ0n) is 15.9. The predicted octanol–water partition coefficient (Wildman–Crippen LogP) is 2.89. The van der Waals surface area contributed by atoms with Crippen LogP contribution in [0.2, 0.25) is 0 Å². The smallest absolute Gasteiger partial charge is 0.184 e. The highest BCUT2D eigenvalue weighted by Gasteiger charge is 2.59. The van der Waals surface area contributed by atoms with Crippen LogP contribution in [0.3, 0.4) is 0 Å². The maximum Gasteiger partial charge on any atom is 0.184 e. The van der Waals surface area contributed by atoms with Gasteiger partial charge in [-0.15, -0.1) is 0 Å². The Balaban J connectivity index is 1.24. The molecule has 3 aliphatic heterocycles. The summed E-state index contributed by atoms with van der Waals surface area (Å²) in [5, 5.41) is 10.1. The van der Waals surface area contributed by atoms with Gasteiger partial charge in [0.1, 0.15) is 12.2 Å². The minimum atomic E-state index is -0.333. The van der Waals surface area contributed by atoms with Gasteiger partial charge in [-0.2, -0.15) is 0 Å². The molecule has 3 fully saturated rings. The molecule has 2 aromatic rings. The average molecular weight is 381 g/mol. The van der Waals surface area contributed by atoms with E-state index in [1.165, 1.54) is 5.56 Å². The highest BCUT2D eigenvalue weighted by molar-refractivity contribution is 5.19. The number of nitrogens with zero attached hydrogens (tertiary/aromatic N) is 1. The van der Waals surface area contributed by atoms with Crippen molar-refractivity contribution in [2.24, 2.45) is 0 Å². The Hall–Kier alpha value is -1.76. The monoisotopic (exact) mass is 381 g/mol. The molecule has 3 aliphatic rings. The molecule has 1 N–H and O–H groups in total. The molecule has 6 atom stereocenters. The Morgan fingerprint density at radius 2 is 1.64 bits per heavy atom. The molecule has 0 amide bonds. The highest BCUT2D eigenvalue weighted by Crippen LogP contribution is 2.46. The third kappa shape index (κ3) is 3.27. The van der Waals surface area contributed by atoms with Crippen LogP contribution < -0.4 is 0 Å². The molecule has 0 spiro atoms. The maximum absolute atomic E-state index is 10.1. The van der Waals surface area contributed by atoms with Crippen LogP contribution in [0.25, 0.3) is 0 Å². The van der Waals surface area contributed by atoms with Gasteiger partial charge in [0.25, 0.3) is 0 Å². The molecule has 28 heavy (non-hydrogen) atoms. The fraction of sp³-hybridized carbons (Fsp3) is 0.478. The first-order valence-corrected chi connectivity index (χ1v) is 10.2. The molecule has 3 saturated heterocycles. The van der Waals surface area contributed by atoms with Crippen molar-refractivity contribution < 1.29 is 19.3 Å². The third-order valence-electron chi connectivity index (χ3n) is 6.31. The second-order valence-electron chi connectivity index (χ2n) is 7.94. The maximum atomic E-state index is 10.1. The van der Waals surface area contributed by atoms with E-state index < -0.39 is 0 Å². The number of ether oxygens (including phenoxy) is 3. The van der Waals surface area contributed by atoms with Crippen LogP contribution in [0.15, 0.2) is 60.7 Å². The van der Waals surface area contributed by atoms with E-state index in [2.05, 4.69) is 17.0 Å². The molecular weight excluding hydrogens is 354 g/mol. The number of hydrogen-bond donors (Lipinski definition) is 1. The fourth-order valence-corrected chi connectivity index (χ4v) is 5.07. The van der Waals surface area contributed by atoms with Gasteiger partial charge in [-0.05, 0) is 18.4 Å². The Morgan fingerprint density at radius 3 is 2.39 bits per heavy atom. The van der Waals surface area contributed by atoms with Gasteiger partial charge in [0.05, 0.1) is 25.9 Å². The minimum Gasteiger partial charge on any atom is -0.395 e. The Bertz CT molecular complexity index is 765. The van der Waals surface area contributed by atoms with Crippen molar-refractivity contribution >= 4 is 0 Å². The van der Waals surface area contributed by atoms with Crippen molar-refractivity contribution in [3.63, 3.8) is 0 Å². The van der Waals surface area contributed by atoms with E-state index in [0.29, 0.717) is 25.3 Å². The molecule has 3 heterocycles. The molecule has 5 heteroatoms. The Labute approximate surface area is 165 Å². The lowest BCUT2D eigenvalue weighted by molar-refractivity contribution is -0.107. The van der Waals surface area contributed by atoms with Crippen LogP contribution >= 0.6 is 0 Å². The number of aliphatic hydroxyl groups is 1. The van der Waals surface area contributed by atoms with Crippen LogP contribution in [0.1, 0.15) is 30.3 Å². The van der Waals surface area contributed by atoms with Crippen molar-refractivity contribution in [2.45, 2.75) is 56.1 Å².